The molecule has 3 N–H and O–H groups in total. The van der Waals surface area contributed by atoms with E-state index in [1.54, 1.807) is 32.1 Å². The summed E-state index contributed by atoms with van der Waals surface area (Å²) in [5, 5.41) is 24.0. The SMILES string of the molecule is CCNc1cc(O)c2c(c1)/C=C/C[C@H](OC(C)=O)[C@H](O)C(=O)/C=C\[C@@H](C)[C@H](C)OC2=O. The van der Waals surface area contributed by atoms with Crippen LogP contribution in [0.5, 0.6) is 5.75 Å². The van der Waals surface area contributed by atoms with Gasteiger partial charge in [0.05, 0.1) is 0 Å². The van der Waals surface area contributed by atoms with Crippen LogP contribution in [0.3, 0.4) is 0 Å². The Morgan fingerprint density at radius 3 is 2.61 bits per heavy atom. The maximum atomic E-state index is 12.8. The van der Waals surface area contributed by atoms with Gasteiger partial charge in [-0.1, -0.05) is 25.2 Å². The molecule has 1 aromatic rings. The largest absolute Gasteiger partial charge is 0.507 e. The summed E-state index contributed by atoms with van der Waals surface area (Å²) >= 11 is 0. The average Bonchev–Trinajstić information content (AvgIpc) is 2.69. The minimum Gasteiger partial charge on any atom is -0.507 e. The molecule has 0 saturated heterocycles. The number of benzene rings is 1. The highest BCUT2D eigenvalue weighted by molar-refractivity contribution is 5.98. The zero-order valence-corrected chi connectivity index (χ0v) is 18.1. The van der Waals surface area contributed by atoms with E-state index in [4.69, 9.17) is 9.47 Å². The standard InChI is InChI=1S/C23H29NO7/c1-5-24-17-11-16-7-6-8-20(31-15(4)25)22(28)18(26)10-9-13(2)14(3)30-23(29)21(16)19(27)12-17/h6-7,9-14,20,22,24,27-28H,5,8H2,1-4H3/b7-6+,10-9-/t13-,14+,20+,22-/m1/s1. The van der Waals surface area contributed by atoms with Crippen LogP contribution in [-0.2, 0) is 19.1 Å². The second-order valence-corrected chi connectivity index (χ2v) is 7.45. The topological polar surface area (TPSA) is 122 Å². The van der Waals surface area contributed by atoms with E-state index in [1.165, 1.54) is 25.1 Å². The molecule has 0 spiro atoms. The highest BCUT2D eigenvalue weighted by atomic mass is 16.6. The molecule has 0 unspecified atom stereocenters. The molecule has 1 aromatic carbocycles. The maximum absolute atomic E-state index is 12.8. The van der Waals surface area contributed by atoms with Crippen LogP contribution in [0.2, 0.25) is 0 Å². The van der Waals surface area contributed by atoms with Crippen LogP contribution >= 0.6 is 0 Å². The molecule has 0 aromatic heterocycles. The second kappa shape index (κ2) is 10.8. The fraction of sp³-hybridized carbons (Fsp3) is 0.435. The van der Waals surface area contributed by atoms with E-state index in [-0.39, 0.29) is 23.7 Å². The molecule has 168 valence electrons. The molecule has 1 heterocycles. The zero-order chi connectivity index (χ0) is 23.1. The first-order valence-corrected chi connectivity index (χ1v) is 10.2. The van der Waals surface area contributed by atoms with Crippen LogP contribution in [0.4, 0.5) is 5.69 Å². The molecule has 31 heavy (non-hydrogen) atoms. The number of hydrogen-bond donors (Lipinski definition) is 3. The Bertz CT molecular complexity index is 890. The molecule has 1 aliphatic heterocycles. The molecular formula is C23H29NO7. The van der Waals surface area contributed by atoms with Crippen molar-refractivity contribution in [2.24, 2.45) is 5.92 Å². The smallest absolute Gasteiger partial charge is 0.342 e. The van der Waals surface area contributed by atoms with Crippen LogP contribution in [-0.4, -0.2) is 52.8 Å². The number of aliphatic hydroxyl groups is 1. The number of carbonyl (C=O) groups excluding carboxylic acids is 3. The third-order valence-electron chi connectivity index (χ3n) is 4.96. The number of aliphatic hydroxyl groups excluding tert-OH is 1. The predicted molar refractivity (Wildman–Crippen MR) is 116 cm³/mol. The summed E-state index contributed by atoms with van der Waals surface area (Å²) in [5.74, 6) is -2.54. The van der Waals surface area contributed by atoms with E-state index in [2.05, 4.69) is 5.32 Å². The van der Waals surface area contributed by atoms with Gasteiger partial charge in [0, 0.05) is 37.6 Å². The molecule has 0 fully saturated rings. The van der Waals surface area contributed by atoms with Crippen LogP contribution in [0, 0.1) is 5.92 Å². The number of phenolic OH excluding ortho intramolecular Hbond substituents is 1. The van der Waals surface area contributed by atoms with Gasteiger partial charge in [0.1, 0.15) is 23.5 Å². The number of hydrogen-bond acceptors (Lipinski definition) is 8. The number of nitrogens with one attached hydrogen (secondary N) is 1. The first kappa shape index (κ1) is 24.1. The van der Waals surface area contributed by atoms with Gasteiger partial charge in [-0.2, -0.15) is 0 Å². The fourth-order valence-electron chi connectivity index (χ4n) is 3.11. The van der Waals surface area contributed by atoms with Crippen LogP contribution < -0.4 is 5.32 Å². The maximum Gasteiger partial charge on any atom is 0.342 e. The summed E-state index contributed by atoms with van der Waals surface area (Å²) in [6.07, 6.45) is 2.61. The summed E-state index contributed by atoms with van der Waals surface area (Å²) in [5.41, 5.74) is 0.989. The van der Waals surface area contributed by atoms with Crippen molar-refractivity contribution in [3.05, 3.63) is 41.5 Å². The lowest BCUT2D eigenvalue weighted by Gasteiger charge is -2.22. The minimum atomic E-state index is -1.54. The van der Waals surface area contributed by atoms with E-state index in [0.717, 1.165) is 0 Å². The molecule has 8 nitrogen and oxygen atoms in total. The van der Waals surface area contributed by atoms with Gasteiger partial charge < -0.3 is 25.0 Å². The number of rotatable bonds is 3. The van der Waals surface area contributed by atoms with Crippen molar-refractivity contribution < 1.29 is 34.1 Å². The van der Waals surface area contributed by atoms with Crippen molar-refractivity contribution in [3.63, 3.8) is 0 Å². The van der Waals surface area contributed by atoms with E-state index in [9.17, 15) is 24.6 Å². The lowest BCUT2D eigenvalue weighted by atomic mass is 9.99. The molecule has 0 bridgehead atoms. The molecular weight excluding hydrogens is 402 g/mol. The van der Waals surface area contributed by atoms with Crippen LogP contribution in [0.1, 0.15) is 50.0 Å². The normalized spacial score (nSPS) is 26.7. The monoisotopic (exact) mass is 431 g/mol. The Labute approximate surface area is 181 Å². The first-order chi connectivity index (χ1) is 14.6. The predicted octanol–water partition coefficient (Wildman–Crippen LogP) is 2.84. The summed E-state index contributed by atoms with van der Waals surface area (Å²) in [4.78, 5) is 36.6. The average molecular weight is 431 g/mol. The number of aromatic hydroxyl groups is 1. The van der Waals surface area contributed by atoms with Gasteiger partial charge in [-0.05, 0) is 31.6 Å². The van der Waals surface area contributed by atoms with E-state index >= 15 is 0 Å². The van der Waals surface area contributed by atoms with Gasteiger partial charge in [-0.15, -0.1) is 0 Å². The molecule has 4 atom stereocenters. The van der Waals surface area contributed by atoms with Crippen molar-refractivity contribution in [2.45, 2.75) is 52.4 Å². The molecule has 0 saturated carbocycles. The summed E-state index contributed by atoms with van der Waals surface area (Å²) in [6, 6.07) is 3.12. The number of esters is 2. The first-order valence-electron chi connectivity index (χ1n) is 10.2. The van der Waals surface area contributed by atoms with Gasteiger partial charge in [0.2, 0.25) is 0 Å². The Hall–Kier alpha value is -3.13. The highest BCUT2D eigenvalue weighted by Crippen LogP contribution is 2.30. The number of fused-ring (bicyclic) bond motifs is 1. The van der Waals surface area contributed by atoms with Crippen molar-refractivity contribution >= 4 is 29.5 Å². The number of phenols is 1. The fourth-order valence-corrected chi connectivity index (χ4v) is 3.11. The Morgan fingerprint density at radius 1 is 1.26 bits per heavy atom. The van der Waals surface area contributed by atoms with Crippen molar-refractivity contribution in [1.82, 2.24) is 0 Å². The van der Waals surface area contributed by atoms with Crippen molar-refractivity contribution in [3.8, 4) is 5.75 Å². The molecule has 8 heteroatoms. The Kier molecular flexibility index (Phi) is 8.38. The van der Waals surface area contributed by atoms with E-state index in [1.807, 2.05) is 6.92 Å². The van der Waals surface area contributed by atoms with Gasteiger partial charge in [-0.25, -0.2) is 4.79 Å². The molecule has 1 aliphatic rings. The quantitative estimate of drug-likeness (QED) is 0.625. The van der Waals surface area contributed by atoms with Gasteiger partial charge in [-0.3, -0.25) is 9.59 Å². The van der Waals surface area contributed by atoms with Crippen molar-refractivity contribution in [1.29, 1.82) is 0 Å². The number of cyclic esters (lactones) is 1. The Morgan fingerprint density at radius 2 is 1.97 bits per heavy atom. The summed E-state index contributed by atoms with van der Waals surface area (Å²) < 4.78 is 10.6. The van der Waals surface area contributed by atoms with Gasteiger partial charge in [0.25, 0.3) is 0 Å². The van der Waals surface area contributed by atoms with E-state index < -0.39 is 36.0 Å². The Balaban J connectivity index is 2.54. The second-order valence-electron chi connectivity index (χ2n) is 7.45. The lowest BCUT2D eigenvalue weighted by Crippen LogP contribution is -2.36. The highest BCUT2D eigenvalue weighted by Gasteiger charge is 2.28. The van der Waals surface area contributed by atoms with Gasteiger partial charge in [0.15, 0.2) is 11.9 Å². The molecule has 0 aliphatic carbocycles. The molecule has 0 amide bonds. The number of carbonyl (C=O) groups is 3. The third kappa shape index (κ3) is 6.42. The lowest BCUT2D eigenvalue weighted by molar-refractivity contribution is -0.154. The van der Waals surface area contributed by atoms with Crippen LogP contribution in [0.25, 0.3) is 6.08 Å². The molecule has 0 radical (unpaired) electrons. The summed E-state index contributed by atoms with van der Waals surface area (Å²) in [7, 11) is 0. The molecule has 2 rings (SSSR count). The number of anilines is 1. The number of ketones is 1. The van der Waals surface area contributed by atoms with E-state index in [0.29, 0.717) is 17.8 Å². The van der Waals surface area contributed by atoms with Crippen LogP contribution in [0.15, 0.2) is 30.4 Å². The van der Waals surface area contributed by atoms with Gasteiger partial charge >= 0.3 is 11.9 Å². The summed E-state index contributed by atoms with van der Waals surface area (Å²) in [6.45, 7) is 7.11. The minimum absolute atomic E-state index is 0.00125. The number of ether oxygens (including phenoxy) is 2. The zero-order valence-electron chi connectivity index (χ0n) is 18.1. The third-order valence-corrected chi connectivity index (χ3v) is 4.96. The van der Waals surface area contributed by atoms with Crippen molar-refractivity contribution in [2.75, 3.05) is 11.9 Å².